The Kier molecular flexibility index (Phi) is 5.10. The Labute approximate surface area is 135 Å². The summed E-state index contributed by atoms with van der Waals surface area (Å²) < 4.78 is 37.4. The molecule has 7 nitrogen and oxygen atoms in total. The molecule has 0 aromatic heterocycles. The maximum absolute atomic E-state index is 12.7. The van der Waals surface area contributed by atoms with E-state index in [1.807, 2.05) is 0 Å². The lowest BCUT2D eigenvalue weighted by atomic mass is 10.0. The molecule has 0 saturated carbocycles. The summed E-state index contributed by atoms with van der Waals surface area (Å²) >= 11 is 0. The zero-order valence-electron chi connectivity index (χ0n) is 13.4. The minimum Gasteiger partial charge on any atom is -0.478 e. The normalized spacial score (nSPS) is 21.7. The number of sulfonamides is 1. The van der Waals surface area contributed by atoms with E-state index >= 15 is 0 Å². The quantitative estimate of drug-likeness (QED) is 0.832. The molecule has 0 bridgehead atoms. The summed E-state index contributed by atoms with van der Waals surface area (Å²) in [6.45, 7) is 2.63. The van der Waals surface area contributed by atoms with Crippen molar-refractivity contribution in [1.29, 1.82) is 0 Å². The summed E-state index contributed by atoms with van der Waals surface area (Å²) in [5.74, 6) is -1.08. The second-order valence-corrected chi connectivity index (χ2v) is 7.78. The van der Waals surface area contributed by atoms with Crippen molar-refractivity contribution in [1.82, 2.24) is 4.31 Å². The molecule has 1 aliphatic rings. The van der Waals surface area contributed by atoms with Crippen LogP contribution in [-0.4, -0.2) is 63.3 Å². The summed E-state index contributed by atoms with van der Waals surface area (Å²) in [6.07, 6.45) is 0.625. The van der Waals surface area contributed by atoms with Gasteiger partial charge in [0.15, 0.2) is 0 Å². The van der Waals surface area contributed by atoms with Gasteiger partial charge >= 0.3 is 5.97 Å². The van der Waals surface area contributed by atoms with Gasteiger partial charge in [0, 0.05) is 33.7 Å². The van der Waals surface area contributed by atoms with Crippen LogP contribution in [0, 0.1) is 6.92 Å². The average molecular weight is 343 g/mol. The first-order valence-corrected chi connectivity index (χ1v) is 8.59. The molecule has 8 heteroatoms. The Morgan fingerprint density at radius 2 is 2.17 bits per heavy atom. The SMILES string of the molecule is COC1(CN(C)S(=O)(=O)c2ccc(C(=O)O)c(C)c2)CCOC1. The fourth-order valence-corrected chi connectivity index (χ4v) is 3.98. The summed E-state index contributed by atoms with van der Waals surface area (Å²) in [7, 11) is -0.711. The van der Waals surface area contributed by atoms with E-state index in [0.29, 0.717) is 25.2 Å². The highest BCUT2D eigenvalue weighted by molar-refractivity contribution is 7.89. The van der Waals surface area contributed by atoms with Crippen LogP contribution in [0.25, 0.3) is 0 Å². The van der Waals surface area contributed by atoms with Crippen molar-refractivity contribution in [2.75, 3.05) is 33.9 Å². The highest BCUT2D eigenvalue weighted by Crippen LogP contribution is 2.26. The van der Waals surface area contributed by atoms with Crippen molar-refractivity contribution in [2.24, 2.45) is 0 Å². The molecule has 0 amide bonds. The van der Waals surface area contributed by atoms with Crippen LogP contribution in [0.1, 0.15) is 22.3 Å². The van der Waals surface area contributed by atoms with Crippen LogP contribution >= 0.6 is 0 Å². The molecule has 0 radical (unpaired) electrons. The third kappa shape index (κ3) is 3.55. The smallest absolute Gasteiger partial charge is 0.335 e. The molecule has 23 heavy (non-hydrogen) atoms. The third-order valence-corrected chi connectivity index (χ3v) is 5.95. The topological polar surface area (TPSA) is 93.1 Å². The van der Waals surface area contributed by atoms with E-state index < -0.39 is 21.6 Å². The molecule has 1 aromatic carbocycles. The molecule has 0 spiro atoms. The lowest BCUT2D eigenvalue weighted by molar-refractivity contribution is -0.0255. The Hall–Kier alpha value is -1.48. The van der Waals surface area contributed by atoms with Crippen molar-refractivity contribution < 1.29 is 27.8 Å². The first-order chi connectivity index (χ1) is 10.7. The minimum absolute atomic E-state index is 0.0627. The molecular formula is C15H21NO6S. The monoisotopic (exact) mass is 343 g/mol. The average Bonchev–Trinajstić information content (AvgIpc) is 2.95. The highest BCUT2D eigenvalue weighted by Gasteiger charge is 2.39. The van der Waals surface area contributed by atoms with E-state index in [1.54, 1.807) is 14.0 Å². The van der Waals surface area contributed by atoms with Crippen LogP contribution in [0.5, 0.6) is 0 Å². The fraction of sp³-hybridized carbons (Fsp3) is 0.533. The van der Waals surface area contributed by atoms with Gasteiger partial charge in [-0.15, -0.1) is 0 Å². The number of hydrogen-bond acceptors (Lipinski definition) is 5. The predicted octanol–water partition coefficient (Wildman–Crippen LogP) is 1.12. The van der Waals surface area contributed by atoms with Gasteiger partial charge in [0.2, 0.25) is 10.0 Å². The van der Waals surface area contributed by atoms with Crippen molar-refractivity contribution in [3.05, 3.63) is 29.3 Å². The van der Waals surface area contributed by atoms with Gasteiger partial charge in [0.1, 0.15) is 5.60 Å². The van der Waals surface area contributed by atoms with E-state index in [2.05, 4.69) is 0 Å². The van der Waals surface area contributed by atoms with Gasteiger partial charge in [-0.1, -0.05) is 0 Å². The summed E-state index contributed by atoms with van der Waals surface area (Å²) in [5, 5.41) is 9.03. The summed E-state index contributed by atoms with van der Waals surface area (Å²) in [6, 6.07) is 4.00. The highest BCUT2D eigenvalue weighted by atomic mass is 32.2. The van der Waals surface area contributed by atoms with Gasteiger partial charge in [0.25, 0.3) is 0 Å². The number of carbonyl (C=O) groups is 1. The number of aromatic carboxylic acids is 1. The number of methoxy groups -OCH3 is 1. The van der Waals surface area contributed by atoms with Gasteiger partial charge in [-0.2, -0.15) is 4.31 Å². The van der Waals surface area contributed by atoms with Crippen LogP contribution in [-0.2, 0) is 19.5 Å². The molecule has 2 rings (SSSR count). The number of aryl methyl sites for hydroxylation is 1. The predicted molar refractivity (Wildman–Crippen MR) is 83.1 cm³/mol. The Balaban J connectivity index is 2.27. The van der Waals surface area contributed by atoms with E-state index in [4.69, 9.17) is 14.6 Å². The molecule has 1 aliphatic heterocycles. The molecular weight excluding hydrogens is 322 g/mol. The van der Waals surface area contributed by atoms with Gasteiger partial charge in [-0.25, -0.2) is 13.2 Å². The van der Waals surface area contributed by atoms with Crippen LogP contribution in [0.2, 0.25) is 0 Å². The Morgan fingerprint density at radius 1 is 1.48 bits per heavy atom. The minimum atomic E-state index is -3.73. The van der Waals surface area contributed by atoms with Crippen LogP contribution < -0.4 is 0 Å². The zero-order chi connectivity index (χ0) is 17.3. The zero-order valence-corrected chi connectivity index (χ0v) is 14.2. The standard InChI is InChI=1S/C15H21NO6S/c1-11-8-12(4-5-13(11)14(17)18)23(19,20)16(2)9-15(21-3)6-7-22-10-15/h4-5,8H,6-7,9-10H2,1-3H3,(H,17,18). The Bertz CT molecular complexity index is 694. The number of nitrogens with zero attached hydrogens (tertiary/aromatic N) is 1. The maximum atomic E-state index is 12.7. The molecule has 1 heterocycles. The van der Waals surface area contributed by atoms with E-state index in [9.17, 15) is 13.2 Å². The van der Waals surface area contributed by atoms with Gasteiger partial charge < -0.3 is 14.6 Å². The second-order valence-electron chi connectivity index (χ2n) is 5.73. The lowest BCUT2D eigenvalue weighted by Gasteiger charge is -2.30. The molecule has 1 atom stereocenters. The molecule has 1 saturated heterocycles. The molecule has 1 fully saturated rings. The van der Waals surface area contributed by atoms with E-state index in [0.717, 1.165) is 0 Å². The molecule has 128 valence electrons. The van der Waals surface area contributed by atoms with Gasteiger partial charge in [-0.05, 0) is 30.7 Å². The molecule has 1 aromatic rings. The van der Waals surface area contributed by atoms with Crippen LogP contribution in [0.15, 0.2) is 23.1 Å². The van der Waals surface area contributed by atoms with E-state index in [-0.39, 0.29) is 17.0 Å². The maximum Gasteiger partial charge on any atom is 0.335 e. The first-order valence-electron chi connectivity index (χ1n) is 7.15. The van der Waals surface area contributed by atoms with Crippen molar-refractivity contribution in [3.63, 3.8) is 0 Å². The number of hydrogen-bond donors (Lipinski definition) is 1. The number of rotatable bonds is 6. The van der Waals surface area contributed by atoms with Crippen LogP contribution in [0.3, 0.4) is 0 Å². The van der Waals surface area contributed by atoms with E-state index in [1.165, 1.54) is 29.6 Å². The molecule has 1 N–H and O–H groups in total. The largest absolute Gasteiger partial charge is 0.478 e. The number of benzene rings is 1. The molecule has 1 unspecified atom stereocenters. The lowest BCUT2D eigenvalue weighted by Crippen LogP contribution is -2.45. The van der Waals surface area contributed by atoms with Crippen molar-refractivity contribution in [3.8, 4) is 0 Å². The Morgan fingerprint density at radius 3 is 2.65 bits per heavy atom. The van der Waals surface area contributed by atoms with Gasteiger partial charge in [-0.3, -0.25) is 0 Å². The summed E-state index contributed by atoms with van der Waals surface area (Å²) in [5.41, 5.74) is -0.153. The van der Waals surface area contributed by atoms with Gasteiger partial charge in [0.05, 0.1) is 17.1 Å². The molecule has 0 aliphatic carbocycles. The summed E-state index contributed by atoms with van der Waals surface area (Å²) in [4.78, 5) is 11.1. The number of carboxylic acids is 1. The fourth-order valence-electron chi connectivity index (χ4n) is 2.65. The van der Waals surface area contributed by atoms with Crippen LogP contribution in [0.4, 0.5) is 0 Å². The van der Waals surface area contributed by atoms with Crippen molar-refractivity contribution >= 4 is 16.0 Å². The second kappa shape index (κ2) is 6.56. The number of carboxylic acid groups (broad SMARTS) is 1. The van der Waals surface area contributed by atoms with Crippen molar-refractivity contribution in [2.45, 2.75) is 23.8 Å². The third-order valence-electron chi connectivity index (χ3n) is 4.15. The number of ether oxygens (including phenoxy) is 2. The number of likely N-dealkylation sites (N-methyl/N-ethyl adjacent to an activating group) is 1. The first kappa shape index (κ1) is 17.9.